The molecule has 0 spiro atoms. The van der Waals surface area contributed by atoms with E-state index in [0.29, 0.717) is 36.0 Å². The average molecular weight is 530 g/mol. The molecule has 2 aromatic carbocycles. The molecule has 2 aromatic heterocycles. The Morgan fingerprint density at radius 3 is 2.68 bits per heavy atom. The van der Waals surface area contributed by atoms with Gasteiger partial charge in [-0.05, 0) is 55.4 Å². The van der Waals surface area contributed by atoms with Crippen molar-refractivity contribution in [3.63, 3.8) is 0 Å². The first-order chi connectivity index (χ1) is 17.7. The minimum absolute atomic E-state index is 0.0296. The van der Waals surface area contributed by atoms with E-state index in [1.807, 2.05) is 13.1 Å². The van der Waals surface area contributed by atoms with E-state index < -0.39 is 22.7 Å². The summed E-state index contributed by atoms with van der Waals surface area (Å²) in [6.07, 6.45) is -0.810. The summed E-state index contributed by atoms with van der Waals surface area (Å²) in [5, 5.41) is 5.11. The maximum absolute atomic E-state index is 13.0. The van der Waals surface area contributed by atoms with Crippen LogP contribution in [-0.2, 0) is 23.9 Å². The molecule has 11 heteroatoms. The van der Waals surface area contributed by atoms with Crippen LogP contribution in [0.5, 0.6) is 11.5 Å². The van der Waals surface area contributed by atoms with Gasteiger partial charge in [0.2, 0.25) is 5.91 Å². The van der Waals surface area contributed by atoms with Gasteiger partial charge in [0.25, 0.3) is 0 Å². The number of benzene rings is 2. The van der Waals surface area contributed by atoms with Crippen LogP contribution in [-0.4, -0.2) is 27.9 Å². The lowest BCUT2D eigenvalue weighted by atomic mass is 10.1. The molecular formula is C26H23ClF3N5O2. The first kappa shape index (κ1) is 26.2. The maximum Gasteiger partial charge on any atom is 0.417 e. The SMILES string of the molecule is CNCc1cnc(-c2cc(Oc3cccc(CCC(=O)Nc4ccc(Cl)c(C(F)(F)F)c4)c3)ccn2)[nH]1. The van der Waals surface area contributed by atoms with Crippen molar-refractivity contribution in [2.24, 2.45) is 0 Å². The fourth-order valence-electron chi connectivity index (χ4n) is 3.58. The highest BCUT2D eigenvalue weighted by molar-refractivity contribution is 6.31. The van der Waals surface area contributed by atoms with E-state index in [4.69, 9.17) is 16.3 Å². The van der Waals surface area contributed by atoms with Crippen LogP contribution in [0.3, 0.4) is 0 Å². The minimum Gasteiger partial charge on any atom is -0.457 e. The van der Waals surface area contributed by atoms with Gasteiger partial charge in [0, 0.05) is 36.6 Å². The standard InChI is InChI=1S/C26H23ClF3N5O2/c1-31-14-18-15-33-25(35-18)23-13-20(9-10-32-23)37-19-4-2-3-16(11-19)5-8-24(36)34-17-6-7-22(27)21(12-17)26(28,29)30/h2-4,6-7,9-13,15,31H,5,8,14H2,1H3,(H,33,35)(H,34,36). The number of carbonyl (C=O) groups excluding carboxylic acids is 1. The zero-order valence-electron chi connectivity index (χ0n) is 19.7. The number of hydrogen-bond donors (Lipinski definition) is 3. The zero-order chi connectivity index (χ0) is 26.4. The molecule has 0 aliphatic rings. The quantitative estimate of drug-likeness (QED) is 0.239. The number of amides is 1. The number of nitrogens with zero attached hydrogens (tertiary/aromatic N) is 2. The van der Waals surface area contributed by atoms with E-state index in [1.54, 1.807) is 42.7 Å². The van der Waals surface area contributed by atoms with E-state index in [1.165, 1.54) is 6.07 Å². The van der Waals surface area contributed by atoms with E-state index in [2.05, 4.69) is 25.6 Å². The average Bonchev–Trinajstić information content (AvgIpc) is 3.33. The van der Waals surface area contributed by atoms with Crippen molar-refractivity contribution in [3.8, 4) is 23.0 Å². The number of alkyl halides is 3. The van der Waals surface area contributed by atoms with Crippen molar-refractivity contribution in [2.75, 3.05) is 12.4 Å². The van der Waals surface area contributed by atoms with Crippen molar-refractivity contribution < 1.29 is 22.7 Å². The predicted molar refractivity (Wildman–Crippen MR) is 135 cm³/mol. The second kappa shape index (κ2) is 11.4. The molecule has 0 saturated carbocycles. The highest BCUT2D eigenvalue weighted by Gasteiger charge is 2.33. The molecule has 4 rings (SSSR count). The van der Waals surface area contributed by atoms with Gasteiger partial charge in [-0.2, -0.15) is 13.2 Å². The molecule has 0 radical (unpaired) electrons. The number of nitrogens with one attached hydrogen (secondary N) is 3. The van der Waals surface area contributed by atoms with Gasteiger partial charge in [-0.15, -0.1) is 0 Å². The first-order valence-electron chi connectivity index (χ1n) is 11.3. The van der Waals surface area contributed by atoms with Gasteiger partial charge < -0.3 is 20.4 Å². The Morgan fingerprint density at radius 1 is 1.08 bits per heavy atom. The lowest BCUT2D eigenvalue weighted by molar-refractivity contribution is -0.137. The number of ether oxygens (including phenoxy) is 1. The van der Waals surface area contributed by atoms with E-state index in [0.717, 1.165) is 23.4 Å². The first-order valence-corrected chi connectivity index (χ1v) is 11.7. The second-order valence-corrected chi connectivity index (χ2v) is 8.56. The normalized spacial score (nSPS) is 11.4. The largest absolute Gasteiger partial charge is 0.457 e. The molecule has 0 bridgehead atoms. The van der Waals surface area contributed by atoms with Gasteiger partial charge in [0.05, 0.1) is 16.8 Å². The molecule has 0 unspecified atom stereocenters. The monoisotopic (exact) mass is 529 g/mol. The van der Waals surface area contributed by atoms with Crippen LogP contribution in [0.25, 0.3) is 11.5 Å². The summed E-state index contributed by atoms with van der Waals surface area (Å²) in [6, 6.07) is 14.0. The number of H-pyrrole nitrogens is 1. The van der Waals surface area contributed by atoms with Crippen LogP contribution >= 0.6 is 11.6 Å². The summed E-state index contributed by atoms with van der Waals surface area (Å²) >= 11 is 5.63. The summed E-state index contributed by atoms with van der Waals surface area (Å²) in [7, 11) is 1.85. The minimum atomic E-state index is -4.61. The Balaban J connectivity index is 1.37. The number of aromatic amines is 1. The molecule has 37 heavy (non-hydrogen) atoms. The number of anilines is 1. The van der Waals surface area contributed by atoms with Gasteiger partial charge in [-0.3, -0.25) is 9.78 Å². The topological polar surface area (TPSA) is 91.9 Å². The fraction of sp³-hybridized carbons (Fsp3) is 0.192. The summed E-state index contributed by atoms with van der Waals surface area (Å²) in [6.45, 7) is 0.655. The van der Waals surface area contributed by atoms with Gasteiger partial charge in [-0.1, -0.05) is 23.7 Å². The van der Waals surface area contributed by atoms with Crippen LogP contribution in [0.1, 0.15) is 23.2 Å². The third-order valence-corrected chi connectivity index (χ3v) is 5.63. The molecular weight excluding hydrogens is 507 g/mol. The molecule has 1 amide bonds. The van der Waals surface area contributed by atoms with Crippen LogP contribution in [0.4, 0.5) is 18.9 Å². The molecule has 7 nitrogen and oxygen atoms in total. The number of aromatic nitrogens is 3. The molecule has 0 aliphatic heterocycles. The van der Waals surface area contributed by atoms with Gasteiger partial charge in [0.15, 0.2) is 5.82 Å². The Labute approximate surface area is 216 Å². The number of aryl methyl sites for hydroxylation is 1. The Bertz CT molecular complexity index is 1390. The van der Waals surface area contributed by atoms with Crippen molar-refractivity contribution in [1.29, 1.82) is 0 Å². The van der Waals surface area contributed by atoms with E-state index >= 15 is 0 Å². The highest BCUT2D eigenvalue weighted by Crippen LogP contribution is 2.36. The lowest BCUT2D eigenvalue weighted by Gasteiger charge is -2.12. The van der Waals surface area contributed by atoms with Crippen LogP contribution < -0.4 is 15.4 Å². The zero-order valence-corrected chi connectivity index (χ0v) is 20.5. The Morgan fingerprint density at radius 2 is 1.89 bits per heavy atom. The molecule has 2 heterocycles. The van der Waals surface area contributed by atoms with Crippen molar-refractivity contribution in [2.45, 2.75) is 25.6 Å². The van der Waals surface area contributed by atoms with Crippen molar-refractivity contribution >= 4 is 23.2 Å². The number of imidazole rings is 1. The third kappa shape index (κ3) is 7.08. The fourth-order valence-corrected chi connectivity index (χ4v) is 3.80. The molecule has 0 aliphatic carbocycles. The van der Waals surface area contributed by atoms with E-state index in [-0.39, 0.29) is 12.1 Å². The van der Waals surface area contributed by atoms with Crippen LogP contribution in [0.15, 0.2) is 67.0 Å². The summed E-state index contributed by atoms with van der Waals surface area (Å²) in [4.78, 5) is 24.2. The smallest absolute Gasteiger partial charge is 0.417 e. The van der Waals surface area contributed by atoms with Crippen LogP contribution in [0.2, 0.25) is 5.02 Å². The number of hydrogen-bond acceptors (Lipinski definition) is 5. The number of halogens is 4. The van der Waals surface area contributed by atoms with Gasteiger partial charge >= 0.3 is 6.18 Å². The molecule has 4 aromatic rings. The predicted octanol–water partition coefficient (Wildman–Crippen LogP) is 6.23. The maximum atomic E-state index is 13.0. The third-order valence-electron chi connectivity index (χ3n) is 5.30. The summed E-state index contributed by atoms with van der Waals surface area (Å²) in [5.74, 6) is 1.34. The highest BCUT2D eigenvalue weighted by atomic mass is 35.5. The van der Waals surface area contributed by atoms with Gasteiger partial charge in [-0.25, -0.2) is 4.98 Å². The molecule has 3 N–H and O–H groups in total. The lowest BCUT2D eigenvalue weighted by Crippen LogP contribution is -2.14. The van der Waals surface area contributed by atoms with Crippen molar-refractivity contribution in [1.82, 2.24) is 20.3 Å². The second-order valence-electron chi connectivity index (χ2n) is 8.15. The van der Waals surface area contributed by atoms with E-state index in [9.17, 15) is 18.0 Å². The van der Waals surface area contributed by atoms with Crippen molar-refractivity contribution in [3.05, 3.63) is 88.8 Å². The summed E-state index contributed by atoms with van der Waals surface area (Å²) in [5.41, 5.74) is 1.42. The van der Waals surface area contributed by atoms with Gasteiger partial charge in [0.1, 0.15) is 17.2 Å². The van der Waals surface area contributed by atoms with Crippen LogP contribution in [0, 0.1) is 0 Å². The Kier molecular flexibility index (Phi) is 8.10. The number of carbonyl (C=O) groups is 1. The molecule has 0 atom stereocenters. The molecule has 192 valence electrons. The Hall–Kier alpha value is -3.89. The molecule has 0 saturated heterocycles. The number of rotatable bonds is 9. The molecule has 0 fully saturated rings. The summed E-state index contributed by atoms with van der Waals surface area (Å²) < 4.78 is 45.1. The number of pyridine rings is 1.